The number of methoxy groups -OCH3 is 1. The molecule has 5 nitrogen and oxygen atoms in total. The maximum absolute atomic E-state index is 12.5. The molecule has 26 heavy (non-hydrogen) atoms. The van der Waals surface area contributed by atoms with Crippen LogP contribution in [0.5, 0.6) is 0 Å². The molecule has 134 valence electrons. The van der Waals surface area contributed by atoms with E-state index in [1.165, 1.54) is 18.4 Å². The number of anilines is 1. The van der Waals surface area contributed by atoms with Crippen LogP contribution in [0, 0.1) is 13.8 Å². The van der Waals surface area contributed by atoms with Gasteiger partial charge in [0.1, 0.15) is 10.8 Å². The van der Waals surface area contributed by atoms with Gasteiger partial charge in [-0.2, -0.15) is 0 Å². The van der Waals surface area contributed by atoms with E-state index in [4.69, 9.17) is 20.8 Å². The van der Waals surface area contributed by atoms with E-state index in [0.717, 1.165) is 16.0 Å². The summed E-state index contributed by atoms with van der Waals surface area (Å²) in [6.45, 7) is 3.70. The van der Waals surface area contributed by atoms with E-state index in [-0.39, 0.29) is 5.76 Å². The Morgan fingerprint density at radius 2 is 1.96 bits per heavy atom. The number of furan rings is 1. The molecule has 2 aromatic heterocycles. The highest BCUT2D eigenvalue weighted by atomic mass is 35.5. The molecule has 0 aliphatic carbocycles. The van der Waals surface area contributed by atoms with Crippen molar-refractivity contribution in [1.82, 2.24) is 0 Å². The van der Waals surface area contributed by atoms with Gasteiger partial charge in [-0.15, -0.1) is 11.3 Å². The lowest BCUT2D eigenvalue weighted by atomic mass is 10.1. The van der Waals surface area contributed by atoms with Crippen molar-refractivity contribution in [2.75, 3.05) is 12.4 Å². The lowest BCUT2D eigenvalue weighted by Gasteiger charge is -2.05. The second kappa shape index (κ2) is 7.35. The zero-order valence-electron chi connectivity index (χ0n) is 14.4. The molecule has 0 radical (unpaired) electrons. The van der Waals surface area contributed by atoms with Gasteiger partial charge in [0, 0.05) is 15.5 Å². The van der Waals surface area contributed by atoms with E-state index in [2.05, 4.69) is 5.32 Å². The summed E-state index contributed by atoms with van der Waals surface area (Å²) in [5, 5.41) is 3.76. The Balaban J connectivity index is 1.86. The smallest absolute Gasteiger partial charge is 0.341 e. The fraction of sp³-hybridized carbons (Fsp3) is 0.158. The van der Waals surface area contributed by atoms with Crippen molar-refractivity contribution in [1.29, 1.82) is 0 Å². The number of hydrogen-bond acceptors (Lipinski definition) is 5. The Kier molecular flexibility index (Phi) is 5.15. The predicted molar refractivity (Wildman–Crippen MR) is 102 cm³/mol. The molecule has 7 heteroatoms. The Morgan fingerprint density at radius 1 is 1.19 bits per heavy atom. The van der Waals surface area contributed by atoms with Crippen LogP contribution >= 0.6 is 22.9 Å². The average Bonchev–Trinajstić information content (AvgIpc) is 3.20. The van der Waals surface area contributed by atoms with Crippen LogP contribution in [0.3, 0.4) is 0 Å². The molecule has 0 spiro atoms. The molecule has 0 bridgehead atoms. The number of nitrogens with one attached hydrogen (secondary N) is 1. The van der Waals surface area contributed by atoms with Gasteiger partial charge in [0.2, 0.25) is 0 Å². The molecule has 3 aromatic rings. The number of ether oxygens (including phenoxy) is 1. The normalized spacial score (nSPS) is 10.6. The van der Waals surface area contributed by atoms with Crippen molar-refractivity contribution >= 4 is 39.8 Å². The maximum Gasteiger partial charge on any atom is 0.341 e. The highest BCUT2D eigenvalue weighted by molar-refractivity contribution is 7.16. The topological polar surface area (TPSA) is 68.5 Å². The van der Waals surface area contributed by atoms with Crippen LogP contribution in [0.15, 0.2) is 40.8 Å². The SMILES string of the molecule is COC(=O)c1c(NC(=O)c2ccc(-c3cccc(Cl)c3)o2)sc(C)c1C. The quantitative estimate of drug-likeness (QED) is 0.613. The lowest BCUT2D eigenvalue weighted by Crippen LogP contribution is -2.13. The first-order valence-electron chi connectivity index (χ1n) is 7.76. The van der Waals surface area contributed by atoms with E-state index >= 15 is 0 Å². The van der Waals surface area contributed by atoms with Crippen molar-refractivity contribution < 1.29 is 18.7 Å². The van der Waals surface area contributed by atoms with E-state index < -0.39 is 11.9 Å². The van der Waals surface area contributed by atoms with Crippen LogP contribution in [-0.4, -0.2) is 19.0 Å². The number of halogens is 1. The largest absolute Gasteiger partial charge is 0.465 e. The number of aryl methyl sites for hydroxylation is 1. The summed E-state index contributed by atoms with van der Waals surface area (Å²) in [7, 11) is 1.31. The first kappa shape index (κ1) is 18.2. The van der Waals surface area contributed by atoms with Gasteiger partial charge in [-0.05, 0) is 43.7 Å². The molecule has 1 N–H and O–H groups in total. The van der Waals surface area contributed by atoms with Crippen LogP contribution in [-0.2, 0) is 4.74 Å². The number of carbonyl (C=O) groups is 2. The van der Waals surface area contributed by atoms with Gasteiger partial charge < -0.3 is 14.5 Å². The van der Waals surface area contributed by atoms with Crippen molar-refractivity contribution in [3.63, 3.8) is 0 Å². The van der Waals surface area contributed by atoms with Gasteiger partial charge >= 0.3 is 5.97 Å². The molecule has 2 heterocycles. The zero-order chi connectivity index (χ0) is 18.8. The first-order valence-corrected chi connectivity index (χ1v) is 8.95. The second-order valence-electron chi connectivity index (χ2n) is 5.61. The van der Waals surface area contributed by atoms with Crippen molar-refractivity contribution in [2.45, 2.75) is 13.8 Å². The highest BCUT2D eigenvalue weighted by Crippen LogP contribution is 2.33. The molecule has 0 unspecified atom stereocenters. The van der Waals surface area contributed by atoms with E-state index in [1.54, 1.807) is 30.3 Å². The summed E-state index contributed by atoms with van der Waals surface area (Å²) in [4.78, 5) is 25.5. The number of thiophene rings is 1. The first-order chi connectivity index (χ1) is 12.4. The minimum Gasteiger partial charge on any atom is -0.465 e. The number of carbonyl (C=O) groups excluding carboxylic acids is 2. The number of benzene rings is 1. The Bertz CT molecular complexity index is 989. The summed E-state index contributed by atoms with van der Waals surface area (Å²) in [5.41, 5.74) is 1.93. The molecule has 0 aliphatic heterocycles. The number of rotatable bonds is 4. The molecule has 0 atom stereocenters. The highest BCUT2D eigenvalue weighted by Gasteiger charge is 2.23. The van der Waals surface area contributed by atoms with E-state index in [9.17, 15) is 9.59 Å². The average molecular weight is 390 g/mol. The summed E-state index contributed by atoms with van der Waals surface area (Å²) in [6.07, 6.45) is 0. The zero-order valence-corrected chi connectivity index (χ0v) is 16.0. The van der Waals surface area contributed by atoms with Gasteiger partial charge in [0.15, 0.2) is 5.76 Å². The summed E-state index contributed by atoms with van der Waals surface area (Å²) < 4.78 is 10.5. The van der Waals surface area contributed by atoms with Crippen LogP contribution in [0.2, 0.25) is 5.02 Å². The van der Waals surface area contributed by atoms with E-state index in [0.29, 0.717) is 21.3 Å². The Morgan fingerprint density at radius 3 is 2.65 bits per heavy atom. The maximum atomic E-state index is 12.5. The lowest BCUT2D eigenvalue weighted by molar-refractivity contribution is 0.0601. The van der Waals surface area contributed by atoms with Crippen LogP contribution in [0.25, 0.3) is 11.3 Å². The number of esters is 1. The Hall–Kier alpha value is -2.57. The fourth-order valence-electron chi connectivity index (χ4n) is 2.48. The minimum absolute atomic E-state index is 0.138. The molecule has 0 saturated carbocycles. The van der Waals surface area contributed by atoms with Gasteiger partial charge in [0.25, 0.3) is 5.91 Å². The molecular weight excluding hydrogens is 374 g/mol. The number of hydrogen-bond donors (Lipinski definition) is 1. The minimum atomic E-state index is -0.485. The standard InChI is InChI=1S/C19H16ClNO4S/c1-10-11(2)26-18(16(10)19(23)24-3)21-17(22)15-8-7-14(25-15)12-5-4-6-13(20)9-12/h4-9H,1-3H3,(H,21,22). The molecule has 0 aliphatic rings. The predicted octanol–water partition coefficient (Wildman–Crippen LogP) is 5.32. The molecular formula is C19H16ClNO4S. The van der Waals surface area contributed by atoms with Crippen LogP contribution in [0.4, 0.5) is 5.00 Å². The summed E-state index contributed by atoms with van der Waals surface area (Å²) in [6, 6.07) is 10.4. The van der Waals surface area contributed by atoms with E-state index in [1.807, 2.05) is 19.9 Å². The van der Waals surface area contributed by atoms with Gasteiger partial charge in [-0.1, -0.05) is 23.7 Å². The fourth-order valence-corrected chi connectivity index (χ4v) is 3.72. The van der Waals surface area contributed by atoms with Crippen molar-refractivity contribution in [3.8, 4) is 11.3 Å². The number of amides is 1. The molecule has 1 aromatic carbocycles. The molecule has 0 fully saturated rings. The third kappa shape index (κ3) is 3.52. The van der Waals surface area contributed by atoms with Gasteiger partial charge in [0.05, 0.1) is 12.7 Å². The molecule has 0 saturated heterocycles. The van der Waals surface area contributed by atoms with Crippen molar-refractivity contribution in [2.24, 2.45) is 0 Å². The van der Waals surface area contributed by atoms with Gasteiger partial charge in [-0.25, -0.2) is 4.79 Å². The summed E-state index contributed by atoms with van der Waals surface area (Å²) >= 11 is 7.31. The second-order valence-corrected chi connectivity index (χ2v) is 7.27. The monoisotopic (exact) mass is 389 g/mol. The molecule has 3 rings (SSSR count). The summed E-state index contributed by atoms with van der Waals surface area (Å²) in [5.74, 6) is -0.255. The van der Waals surface area contributed by atoms with Crippen LogP contribution < -0.4 is 5.32 Å². The van der Waals surface area contributed by atoms with Crippen LogP contribution in [0.1, 0.15) is 31.4 Å². The Labute approximate surface area is 159 Å². The van der Waals surface area contributed by atoms with Gasteiger partial charge in [-0.3, -0.25) is 4.79 Å². The molecule has 1 amide bonds. The third-order valence-corrected chi connectivity index (χ3v) is 5.30. The van der Waals surface area contributed by atoms with Crippen molar-refractivity contribution in [3.05, 3.63) is 63.2 Å². The third-order valence-electron chi connectivity index (χ3n) is 3.94.